The van der Waals surface area contributed by atoms with Crippen LogP contribution in [0.2, 0.25) is 0 Å². The monoisotopic (exact) mass is 196 g/mol. The number of aliphatic imine (C=N–C) groups is 1. The van der Waals surface area contributed by atoms with Crippen LogP contribution in [0.15, 0.2) is 23.2 Å². The first-order chi connectivity index (χ1) is 6.67. The zero-order chi connectivity index (χ0) is 10.6. The summed E-state index contributed by atoms with van der Waals surface area (Å²) in [5, 5.41) is 0. The van der Waals surface area contributed by atoms with Crippen LogP contribution in [0.25, 0.3) is 0 Å². The highest BCUT2D eigenvalue weighted by atomic mass is 19.1. The summed E-state index contributed by atoms with van der Waals surface area (Å²) in [5.74, 6) is 0.534. The van der Waals surface area contributed by atoms with Crippen LogP contribution in [-0.2, 0) is 0 Å². The summed E-state index contributed by atoms with van der Waals surface area (Å²) in [6, 6.07) is 4.14. The summed E-state index contributed by atoms with van der Waals surface area (Å²) in [6.45, 7) is 1.90. The molecular weight excluding hydrogens is 183 g/mol. The van der Waals surface area contributed by atoms with Gasteiger partial charge in [-0.2, -0.15) is 0 Å². The molecule has 76 valence electrons. The van der Waals surface area contributed by atoms with Crippen molar-refractivity contribution in [3.63, 3.8) is 0 Å². The van der Waals surface area contributed by atoms with Crippen LogP contribution < -0.4 is 10.5 Å². The summed E-state index contributed by atoms with van der Waals surface area (Å²) in [6.07, 6.45) is 0.653. The van der Waals surface area contributed by atoms with Crippen LogP contribution >= 0.6 is 0 Å². The number of methoxy groups -OCH3 is 1. The predicted octanol–water partition coefficient (Wildman–Crippen LogP) is 2.23. The van der Waals surface area contributed by atoms with Gasteiger partial charge in [-0.05, 0) is 12.1 Å². The second-order valence-corrected chi connectivity index (χ2v) is 2.77. The average molecular weight is 196 g/mol. The number of ether oxygens (including phenoxy) is 1. The minimum absolute atomic E-state index is 0.351. The molecule has 0 aliphatic carbocycles. The van der Waals surface area contributed by atoms with Gasteiger partial charge in [-0.15, -0.1) is 0 Å². The van der Waals surface area contributed by atoms with E-state index >= 15 is 0 Å². The molecular formula is C10H13FN2O. The predicted molar refractivity (Wildman–Crippen MR) is 54.5 cm³/mol. The molecule has 3 nitrogen and oxygen atoms in total. The van der Waals surface area contributed by atoms with E-state index in [9.17, 15) is 4.39 Å². The molecule has 0 saturated carbocycles. The lowest BCUT2D eigenvalue weighted by Gasteiger charge is -2.04. The maximum absolute atomic E-state index is 12.8. The lowest BCUT2D eigenvalue weighted by molar-refractivity contribution is 0.412. The van der Waals surface area contributed by atoms with Gasteiger partial charge in [-0.1, -0.05) is 6.92 Å². The number of benzene rings is 1. The van der Waals surface area contributed by atoms with E-state index in [1.807, 2.05) is 6.92 Å². The maximum Gasteiger partial charge on any atom is 0.147 e. The van der Waals surface area contributed by atoms with E-state index in [2.05, 4.69) is 4.99 Å². The molecule has 0 atom stereocenters. The van der Waals surface area contributed by atoms with E-state index < -0.39 is 0 Å². The van der Waals surface area contributed by atoms with E-state index in [0.717, 1.165) is 0 Å². The Kier molecular flexibility index (Phi) is 3.45. The number of rotatable bonds is 3. The zero-order valence-electron chi connectivity index (χ0n) is 8.25. The van der Waals surface area contributed by atoms with Crippen molar-refractivity contribution in [1.82, 2.24) is 0 Å². The van der Waals surface area contributed by atoms with Crippen molar-refractivity contribution in [1.29, 1.82) is 0 Å². The van der Waals surface area contributed by atoms with E-state index in [0.29, 0.717) is 23.7 Å². The summed E-state index contributed by atoms with van der Waals surface area (Å²) < 4.78 is 17.8. The Morgan fingerprint density at radius 2 is 2.29 bits per heavy atom. The standard InChI is InChI=1S/C10H13FN2O/c1-3-10(12)13-8-5-4-7(11)6-9(8)14-2/h4-6H,3H2,1-2H3,(H2,12,13). The van der Waals surface area contributed by atoms with Gasteiger partial charge >= 0.3 is 0 Å². The van der Waals surface area contributed by atoms with Gasteiger partial charge in [0.15, 0.2) is 0 Å². The van der Waals surface area contributed by atoms with Crippen molar-refractivity contribution in [2.45, 2.75) is 13.3 Å². The lowest BCUT2D eigenvalue weighted by atomic mass is 10.3. The van der Waals surface area contributed by atoms with Gasteiger partial charge in [0.05, 0.1) is 12.9 Å². The number of hydrogen-bond donors (Lipinski definition) is 1. The molecule has 14 heavy (non-hydrogen) atoms. The molecule has 0 bridgehead atoms. The molecule has 0 spiro atoms. The molecule has 0 fully saturated rings. The van der Waals surface area contributed by atoms with E-state index in [4.69, 9.17) is 10.5 Å². The fourth-order valence-electron chi connectivity index (χ4n) is 0.978. The third kappa shape index (κ3) is 2.45. The Balaban J connectivity index is 3.08. The first kappa shape index (κ1) is 10.5. The Bertz CT molecular complexity index is 350. The van der Waals surface area contributed by atoms with Crippen LogP contribution in [0.4, 0.5) is 10.1 Å². The molecule has 0 radical (unpaired) electrons. The van der Waals surface area contributed by atoms with E-state index in [1.54, 1.807) is 0 Å². The van der Waals surface area contributed by atoms with Crippen molar-refractivity contribution >= 4 is 11.5 Å². The lowest BCUT2D eigenvalue weighted by Crippen LogP contribution is -2.08. The van der Waals surface area contributed by atoms with Crippen LogP contribution in [0, 0.1) is 5.82 Å². The maximum atomic E-state index is 12.8. The summed E-state index contributed by atoms with van der Waals surface area (Å²) in [7, 11) is 1.47. The Morgan fingerprint density at radius 1 is 1.57 bits per heavy atom. The Labute approximate surface area is 82.4 Å². The van der Waals surface area contributed by atoms with Crippen molar-refractivity contribution in [2.24, 2.45) is 10.7 Å². The summed E-state index contributed by atoms with van der Waals surface area (Å²) >= 11 is 0. The number of hydrogen-bond acceptors (Lipinski definition) is 2. The van der Waals surface area contributed by atoms with Crippen LogP contribution in [0.3, 0.4) is 0 Å². The fraction of sp³-hybridized carbons (Fsp3) is 0.300. The van der Waals surface area contributed by atoms with Crippen molar-refractivity contribution in [3.05, 3.63) is 24.0 Å². The highest BCUT2D eigenvalue weighted by Gasteiger charge is 2.03. The highest BCUT2D eigenvalue weighted by molar-refractivity contribution is 5.83. The van der Waals surface area contributed by atoms with Gasteiger partial charge in [-0.3, -0.25) is 0 Å². The number of amidine groups is 1. The first-order valence-electron chi connectivity index (χ1n) is 4.34. The molecule has 1 aromatic rings. The summed E-state index contributed by atoms with van der Waals surface area (Å²) in [4.78, 5) is 4.09. The van der Waals surface area contributed by atoms with Crippen LogP contribution in [-0.4, -0.2) is 12.9 Å². The van der Waals surface area contributed by atoms with Gasteiger partial charge in [0.1, 0.15) is 17.3 Å². The second-order valence-electron chi connectivity index (χ2n) is 2.77. The van der Waals surface area contributed by atoms with E-state index in [-0.39, 0.29) is 5.82 Å². The van der Waals surface area contributed by atoms with Crippen LogP contribution in [0.5, 0.6) is 5.75 Å². The van der Waals surface area contributed by atoms with Gasteiger partial charge in [-0.25, -0.2) is 9.38 Å². The normalized spacial score (nSPS) is 11.5. The van der Waals surface area contributed by atoms with Crippen molar-refractivity contribution in [3.8, 4) is 5.75 Å². The summed E-state index contributed by atoms with van der Waals surface area (Å²) in [5.41, 5.74) is 6.12. The molecule has 2 N–H and O–H groups in total. The average Bonchev–Trinajstić information content (AvgIpc) is 2.20. The number of halogens is 1. The first-order valence-corrected chi connectivity index (χ1v) is 4.34. The fourth-order valence-corrected chi connectivity index (χ4v) is 0.978. The SMILES string of the molecule is CCC(N)=Nc1ccc(F)cc1OC. The third-order valence-electron chi connectivity index (χ3n) is 1.77. The smallest absolute Gasteiger partial charge is 0.147 e. The molecule has 0 aliphatic rings. The van der Waals surface area contributed by atoms with Crippen molar-refractivity contribution in [2.75, 3.05) is 7.11 Å². The third-order valence-corrected chi connectivity index (χ3v) is 1.77. The molecule has 0 aromatic heterocycles. The van der Waals surface area contributed by atoms with E-state index in [1.165, 1.54) is 25.3 Å². The Morgan fingerprint density at radius 3 is 2.86 bits per heavy atom. The second kappa shape index (κ2) is 4.60. The molecule has 4 heteroatoms. The quantitative estimate of drug-likeness (QED) is 0.595. The Hall–Kier alpha value is -1.58. The topological polar surface area (TPSA) is 47.6 Å². The van der Waals surface area contributed by atoms with Gasteiger partial charge in [0.2, 0.25) is 0 Å². The van der Waals surface area contributed by atoms with Crippen molar-refractivity contribution < 1.29 is 9.13 Å². The minimum atomic E-state index is -0.351. The molecule has 0 saturated heterocycles. The molecule has 0 unspecified atom stereocenters. The highest BCUT2D eigenvalue weighted by Crippen LogP contribution is 2.27. The number of nitrogens with two attached hydrogens (primary N) is 1. The van der Waals surface area contributed by atoms with Gasteiger partial charge in [0, 0.05) is 12.5 Å². The number of nitrogens with zero attached hydrogens (tertiary/aromatic N) is 1. The zero-order valence-corrected chi connectivity index (χ0v) is 8.25. The molecule has 0 aliphatic heterocycles. The van der Waals surface area contributed by atoms with Gasteiger partial charge in [0.25, 0.3) is 0 Å². The van der Waals surface area contributed by atoms with Crippen LogP contribution in [0.1, 0.15) is 13.3 Å². The largest absolute Gasteiger partial charge is 0.494 e. The minimum Gasteiger partial charge on any atom is -0.494 e. The van der Waals surface area contributed by atoms with Gasteiger partial charge < -0.3 is 10.5 Å². The molecule has 0 heterocycles. The molecule has 1 rings (SSSR count). The molecule has 1 aromatic carbocycles. The molecule has 0 amide bonds.